The first-order chi connectivity index (χ1) is 6.16. The summed E-state index contributed by atoms with van der Waals surface area (Å²) in [6.07, 6.45) is 3.00. The number of aromatic amines is 2. The SMILES string of the molecule is CSCCC(C)n1c(=O)[nH][nH]c1=S. The average molecular weight is 219 g/mol. The second kappa shape index (κ2) is 4.66. The molecule has 0 spiro atoms. The van der Waals surface area contributed by atoms with Crippen LogP contribution in [0.5, 0.6) is 0 Å². The number of nitrogens with one attached hydrogen (secondary N) is 2. The molecule has 74 valence electrons. The van der Waals surface area contributed by atoms with Crippen molar-refractivity contribution >= 4 is 24.0 Å². The summed E-state index contributed by atoms with van der Waals surface area (Å²) in [7, 11) is 0. The van der Waals surface area contributed by atoms with E-state index in [0.717, 1.165) is 12.2 Å². The van der Waals surface area contributed by atoms with Crippen LogP contribution in [0.2, 0.25) is 0 Å². The molecule has 2 N–H and O–H groups in total. The summed E-state index contributed by atoms with van der Waals surface area (Å²) in [5.74, 6) is 1.04. The van der Waals surface area contributed by atoms with E-state index in [9.17, 15) is 4.79 Å². The van der Waals surface area contributed by atoms with E-state index in [2.05, 4.69) is 10.2 Å². The first-order valence-corrected chi connectivity index (χ1v) is 5.85. The molecule has 1 heterocycles. The summed E-state index contributed by atoms with van der Waals surface area (Å²) < 4.78 is 2.05. The normalized spacial score (nSPS) is 13.1. The highest BCUT2D eigenvalue weighted by atomic mass is 32.2. The largest absolute Gasteiger partial charge is 0.342 e. The molecule has 0 aromatic carbocycles. The minimum atomic E-state index is -0.154. The number of thioether (sulfide) groups is 1. The number of H-pyrrole nitrogens is 2. The summed E-state index contributed by atoms with van der Waals surface area (Å²) in [4.78, 5) is 11.2. The van der Waals surface area contributed by atoms with Crippen LogP contribution >= 0.6 is 24.0 Å². The van der Waals surface area contributed by atoms with Crippen molar-refractivity contribution in [1.82, 2.24) is 14.8 Å². The molecule has 13 heavy (non-hydrogen) atoms. The molecule has 6 heteroatoms. The van der Waals surface area contributed by atoms with Gasteiger partial charge in [0, 0.05) is 6.04 Å². The van der Waals surface area contributed by atoms with Crippen molar-refractivity contribution in [2.45, 2.75) is 19.4 Å². The molecule has 4 nitrogen and oxygen atoms in total. The molecular weight excluding hydrogens is 206 g/mol. The van der Waals surface area contributed by atoms with Gasteiger partial charge in [0.1, 0.15) is 0 Å². The van der Waals surface area contributed by atoms with Crippen LogP contribution in [-0.4, -0.2) is 26.8 Å². The minimum Gasteiger partial charge on any atom is -0.272 e. The van der Waals surface area contributed by atoms with Crippen LogP contribution in [0.3, 0.4) is 0 Å². The average Bonchev–Trinajstić information content (AvgIpc) is 2.42. The second-order valence-corrected chi connectivity index (χ2v) is 4.23. The van der Waals surface area contributed by atoms with Gasteiger partial charge in [-0.25, -0.2) is 9.89 Å². The van der Waals surface area contributed by atoms with Gasteiger partial charge in [-0.15, -0.1) is 0 Å². The Morgan fingerprint density at radius 1 is 1.62 bits per heavy atom. The fourth-order valence-electron chi connectivity index (χ4n) is 1.14. The van der Waals surface area contributed by atoms with Crippen molar-refractivity contribution in [3.8, 4) is 0 Å². The van der Waals surface area contributed by atoms with Gasteiger partial charge in [0.25, 0.3) is 0 Å². The summed E-state index contributed by atoms with van der Waals surface area (Å²) in [5.41, 5.74) is -0.154. The summed E-state index contributed by atoms with van der Waals surface area (Å²) in [5, 5.41) is 5.09. The van der Waals surface area contributed by atoms with Crippen LogP contribution in [0.1, 0.15) is 19.4 Å². The van der Waals surface area contributed by atoms with Crippen molar-refractivity contribution in [2.75, 3.05) is 12.0 Å². The number of aromatic nitrogens is 3. The van der Waals surface area contributed by atoms with E-state index >= 15 is 0 Å². The van der Waals surface area contributed by atoms with Crippen molar-refractivity contribution in [1.29, 1.82) is 0 Å². The zero-order chi connectivity index (χ0) is 9.84. The fraction of sp³-hybridized carbons (Fsp3) is 0.714. The Kier molecular flexibility index (Phi) is 3.80. The maximum atomic E-state index is 11.2. The molecule has 0 bridgehead atoms. The first kappa shape index (κ1) is 10.6. The molecule has 1 atom stereocenters. The molecular formula is C7H13N3OS2. The van der Waals surface area contributed by atoms with Gasteiger partial charge >= 0.3 is 5.69 Å². The van der Waals surface area contributed by atoms with Gasteiger partial charge in [-0.05, 0) is 37.6 Å². The maximum absolute atomic E-state index is 11.2. The number of nitrogens with zero attached hydrogens (tertiary/aromatic N) is 1. The third kappa shape index (κ3) is 2.47. The van der Waals surface area contributed by atoms with E-state index in [-0.39, 0.29) is 11.7 Å². The van der Waals surface area contributed by atoms with E-state index in [1.807, 2.05) is 13.2 Å². The first-order valence-electron chi connectivity index (χ1n) is 4.05. The Morgan fingerprint density at radius 3 is 2.77 bits per heavy atom. The van der Waals surface area contributed by atoms with Gasteiger partial charge in [-0.1, -0.05) is 0 Å². The van der Waals surface area contributed by atoms with Crippen molar-refractivity contribution < 1.29 is 0 Å². The van der Waals surface area contributed by atoms with E-state index in [1.165, 1.54) is 0 Å². The molecule has 0 aliphatic rings. The van der Waals surface area contributed by atoms with Crippen LogP contribution in [0.15, 0.2) is 4.79 Å². The summed E-state index contributed by atoms with van der Waals surface area (Å²) in [6.45, 7) is 2.00. The maximum Gasteiger partial charge on any atom is 0.342 e. The molecule has 0 radical (unpaired) electrons. The van der Waals surface area contributed by atoms with Crippen LogP contribution in [0.25, 0.3) is 0 Å². The molecule has 0 amide bonds. The van der Waals surface area contributed by atoms with E-state index in [0.29, 0.717) is 4.77 Å². The van der Waals surface area contributed by atoms with Crippen LogP contribution in [0, 0.1) is 4.77 Å². The Bertz CT molecular complexity index is 337. The Labute approximate surface area is 85.7 Å². The molecule has 1 rings (SSSR count). The third-order valence-electron chi connectivity index (χ3n) is 1.89. The lowest BCUT2D eigenvalue weighted by Gasteiger charge is -2.09. The molecule has 0 fully saturated rings. The van der Waals surface area contributed by atoms with E-state index in [1.54, 1.807) is 16.3 Å². The quantitative estimate of drug-likeness (QED) is 0.755. The van der Waals surface area contributed by atoms with Crippen molar-refractivity contribution in [3.63, 3.8) is 0 Å². The smallest absolute Gasteiger partial charge is 0.272 e. The Balaban J connectivity index is 2.82. The summed E-state index contributed by atoms with van der Waals surface area (Å²) >= 11 is 6.74. The highest BCUT2D eigenvalue weighted by Gasteiger charge is 2.08. The molecule has 1 unspecified atom stereocenters. The lowest BCUT2D eigenvalue weighted by atomic mass is 10.3. The van der Waals surface area contributed by atoms with Gasteiger partial charge in [0.15, 0.2) is 4.77 Å². The Hall–Kier alpha value is -0.490. The molecule has 0 aliphatic carbocycles. The van der Waals surface area contributed by atoms with Crippen molar-refractivity contribution in [2.24, 2.45) is 0 Å². The fourth-order valence-corrected chi connectivity index (χ4v) is 2.03. The topological polar surface area (TPSA) is 53.6 Å². The minimum absolute atomic E-state index is 0.154. The molecule has 0 saturated heterocycles. The lowest BCUT2D eigenvalue weighted by Crippen LogP contribution is -2.21. The van der Waals surface area contributed by atoms with Gasteiger partial charge in [0.05, 0.1) is 0 Å². The van der Waals surface area contributed by atoms with Gasteiger partial charge in [0.2, 0.25) is 0 Å². The zero-order valence-electron chi connectivity index (χ0n) is 7.66. The van der Waals surface area contributed by atoms with Crippen molar-refractivity contribution in [3.05, 3.63) is 15.3 Å². The number of hydrogen-bond donors (Lipinski definition) is 2. The molecule has 1 aromatic heterocycles. The van der Waals surface area contributed by atoms with Gasteiger partial charge < -0.3 is 0 Å². The van der Waals surface area contributed by atoms with Crippen LogP contribution < -0.4 is 5.69 Å². The molecule has 1 aromatic rings. The number of rotatable bonds is 4. The second-order valence-electron chi connectivity index (χ2n) is 2.86. The predicted molar refractivity (Wildman–Crippen MR) is 57.9 cm³/mol. The summed E-state index contributed by atoms with van der Waals surface area (Å²) in [6, 6.07) is 0.162. The predicted octanol–water partition coefficient (Wildman–Crippen LogP) is 1.55. The van der Waals surface area contributed by atoms with Gasteiger partial charge in [-0.3, -0.25) is 9.67 Å². The van der Waals surface area contributed by atoms with Gasteiger partial charge in [-0.2, -0.15) is 11.8 Å². The zero-order valence-corrected chi connectivity index (χ0v) is 9.30. The Morgan fingerprint density at radius 2 is 2.31 bits per heavy atom. The number of hydrogen-bond acceptors (Lipinski definition) is 3. The van der Waals surface area contributed by atoms with E-state index < -0.39 is 0 Å². The van der Waals surface area contributed by atoms with Crippen LogP contribution in [0.4, 0.5) is 0 Å². The van der Waals surface area contributed by atoms with E-state index in [4.69, 9.17) is 12.2 Å². The molecule has 0 saturated carbocycles. The highest BCUT2D eigenvalue weighted by molar-refractivity contribution is 7.98. The third-order valence-corrected chi connectivity index (χ3v) is 2.84. The molecule has 0 aliphatic heterocycles. The van der Waals surface area contributed by atoms with Crippen LogP contribution in [-0.2, 0) is 0 Å². The highest BCUT2D eigenvalue weighted by Crippen LogP contribution is 2.10. The monoisotopic (exact) mass is 219 g/mol. The standard InChI is InChI=1S/C7H13N3OS2/c1-5(3-4-13-2)10-6(11)8-9-7(10)12/h5H,3-4H2,1-2H3,(H,8,11)(H,9,12). The lowest BCUT2D eigenvalue weighted by molar-refractivity contribution is 0.513.